The molecule has 0 saturated heterocycles. The molecule has 1 aliphatic heterocycles. The number of hydrogen-bond donors (Lipinski definition) is 2. The van der Waals surface area contributed by atoms with E-state index in [1.807, 2.05) is 0 Å². The van der Waals surface area contributed by atoms with Gasteiger partial charge in [0.25, 0.3) is 11.5 Å². The van der Waals surface area contributed by atoms with Gasteiger partial charge in [-0.25, -0.2) is 0 Å². The minimum Gasteiger partial charge on any atom is -0.348 e. The van der Waals surface area contributed by atoms with Crippen LogP contribution in [0, 0.1) is 0 Å². The van der Waals surface area contributed by atoms with Crippen molar-refractivity contribution in [3.8, 4) is 0 Å². The van der Waals surface area contributed by atoms with Crippen LogP contribution in [-0.2, 0) is 7.05 Å². The Hall–Kier alpha value is -1.88. The van der Waals surface area contributed by atoms with E-state index >= 15 is 0 Å². The zero-order valence-electron chi connectivity index (χ0n) is 10.4. The van der Waals surface area contributed by atoms with Crippen molar-refractivity contribution in [3.63, 3.8) is 0 Å². The van der Waals surface area contributed by atoms with Gasteiger partial charge >= 0.3 is 0 Å². The predicted molar refractivity (Wildman–Crippen MR) is 69.6 cm³/mol. The van der Waals surface area contributed by atoms with E-state index in [1.54, 1.807) is 19.3 Å². The van der Waals surface area contributed by atoms with Gasteiger partial charge in [-0.05, 0) is 19.0 Å². The molecule has 1 aliphatic rings. The molecule has 5 nitrogen and oxygen atoms in total. The number of aryl methyl sites for hydroxylation is 1. The summed E-state index contributed by atoms with van der Waals surface area (Å²) in [5.41, 5.74) is 1.46. The molecule has 0 atom stereocenters. The lowest BCUT2D eigenvalue weighted by molar-refractivity contribution is 0.0956. The van der Waals surface area contributed by atoms with Gasteiger partial charge < -0.3 is 15.2 Å². The minimum atomic E-state index is -0.202. The van der Waals surface area contributed by atoms with Gasteiger partial charge in [-0.15, -0.1) is 0 Å². The van der Waals surface area contributed by atoms with E-state index < -0.39 is 0 Å². The number of carbonyl (C=O) groups is 1. The molecule has 0 saturated carbocycles. The molecule has 2 rings (SSSR count). The van der Waals surface area contributed by atoms with E-state index in [0.29, 0.717) is 12.1 Å². The predicted octanol–water partition coefficient (Wildman–Crippen LogP) is 0.0348. The zero-order chi connectivity index (χ0) is 13.0. The molecule has 1 amide bonds. The van der Waals surface area contributed by atoms with Crippen LogP contribution in [0.15, 0.2) is 34.8 Å². The van der Waals surface area contributed by atoms with Crippen LogP contribution in [0.2, 0.25) is 0 Å². The van der Waals surface area contributed by atoms with Crippen molar-refractivity contribution in [1.29, 1.82) is 0 Å². The van der Waals surface area contributed by atoms with Gasteiger partial charge in [0.1, 0.15) is 0 Å². The highest BCUT2D eigenvalue weighted by Crippen LogP contribution is 2.03. The lowest BCUT2D eigenvalue weighted by atomic mass is 10.1. The molecule has 96 valence electrons. The molecule has 0 unspecified atom stereocenters. The summed E-state index contributed by atoms with van der Waals surface area (Å²) < 4.78 is 1.44. The largest absolute Gasteiger partial charge is 0.348 e. The number of amides is 1. The Morgan fingerprint density at radius 3 is 3.06 bits per heavy atom. The first kappa shape index (κ1) is 12.6. The molecule has 5 heteroatoms. The fraction of sp³-hybridized carbons (Fsp3) is 0.385. The summed E-state index contributed by atoms with van der Waals surface area (Å²) in [6.45, 7) is 2.36. The number of carbonyl (C=O) groups excluding carboxylic acids is 1. The molecule has 1 aromatic heterocycles. The molecular formula is C13H17N3O2. The van der Waals surface area contributed by atoms with Crippen LogP contribution in [0.25, 0.3) is 0 Å². The molecule has 0 fully saturated rings. The van der Waals surface area contributed by atoms with E-state index in [4.69, 9.17) is 0 Å². The molecule has 0 radical (unpaired) electrons. The fourth-order valence-electron chi connectivity index (χ4n) is 1.82. The highest BCUT2D eigenvalue weighted by Gasteiger charge is 2.08. The highest BCUT2D eigenvalue weighted by molar-refractivity contribution is 5.94. The summed E-state index contributed by atoms with van der Waals surface area (Å²) in [7, 11) is 1.66. The fourth-order valence-corrected chi connectivity index (χ4v) is 1.82. The zero-order valence-corrected chi connectivity index (χ0v) is 10.4. The number of nitrogens with one attached hydrogen (secondary N) is 2. The van der Waals surface area contributed by atoms with Gasteiger partial charge in [0.15, 0.2) is 0 Å². The summed E-state index contributed by atoms with van der Waals surface area (Å²) in [5.74, 6) is -0.202. The van der Waals surface area contributed by atoms with Crippen LogP contribution in [0.1, 0.15) is 16.8 Å². The third-order valence-electron chi connectivity index (χ3n) is 3.00. The molecule has 2 heterocycles. The van der Waals surface area contributed by atoms with E-state index in [9.17, 15) is 9.59 Å². The number of aromatic nitrogens is 1. The van der Waals surface area contributed by atoms with E-state index in [1.165, 1.54) is 16.2 Å². The van der Waals surface area contributed by atoms with Crippen LogP contribution in [-0.4, -0.2) is 30.1 Å². The van der Waals surface area contributed by atoms with Crippen molar-refractivity contribution < 1.29 is 4.79 Å². The van der Waals surface area contributed by atoms with Crippen molar-refractivity contribution in [2.24, 2.45) is 7.05 Å². The van der Waals surface area contributed by atoms with Gasteiger partial charge in [0, 0.05) is 38.0 Å². The first-order valence-electron chi connectivity index (χ1n) is 6.00. The summed E-state index contributed by atoms with van der Waals surface area (Å²) in [5, 5.41) is 6.05. The van der Waals surface area contributed by atoms with Gasteiger partial charge in [-0.1, -0.05) is 11.6 Å². The Kier molecular flexibility index (Phi) is 3.94. The first-order chi connectivity index (χ1) is 8.66. The van der Waals surface area contributed by atoms with E-state index in [0.717, 1.165) is 19.5 Å². The van der Waals surface area contributed by atoms with Crippen molar-refractivity contribution >= 4 is 5.91 Å². The number of hydrogen-bond acceptors (Lipinski definition) is 3. The molecule has 18 heavy (non-hydrogen) atoms. The Bertz CT molecular complexity index is 531. The van der Waals surface area contributed by atoms with E-state index in [2.05, 4.69) is 16.7 Å². The molecule has 2 N–H and O–H groups in total. The molecular weight excluding hydrogens is 230 g/mol. The second-order valence-corrected chi connectivity index (χ2v) is 4.36. The lowest BCUT2D eigenvalue weighted by Gasteiger charge is -2.14. The average molecular weight is 247 g/mol. The van der Waals surface area contributed by atoms with Crippen molar-refractivity contribution in [1.82, 2.24) is 15.2 Å². The highest BCUT2D eigenvalue weighted by atomic mass is 16.2. The third-order valence-corrected chi connectivity index (χ3v) is 3.00. The first-order valence-corrected chi connectivity index (χ1v) is 6.00. The van der Waals surface area contributed by atoms with E-state index in [-0.39, 0.29) is 11.5 Å². The SMILES string of the molecule is Cn1ccc(C(=O)NCC2=CCNCC2)cc1=O. The van der Waals surface area contributed by atoms with Crippen LogP contribution in [0.5, 0.6) is 0 Å². The number of pyridine rings is 1. The average Bonchev–Trinajstić information content (AvgIpc) is 2.40. The van der Waals surface area contributed by atoms with Crippen molar-refractivity contribution in [2.45, 2.75) is 6.42 Å². The molecule has 1 aromatic rings. The monoisotopic (exact) mass is 247 g/mol. The maximum absolute atomic E-state index is 11.8. The normalized spacial score (nSPS) is 15.1. The molecule has 0 spiro atoms. The maximum Gasteiger partial charge on any atom is 0.251 e. The van der Waals surface area contributed by atoms with Crippen LogP contribution in [0.3, 0.4) is 0 Å². The molecule has 0 bridgehead atoms. The second-order valence-electron chi connectivity index (χ2n) is 4.36. The number of nitrogens with zero attached hydrogens (tertiary/aromatic N) is 1. The molecule has 0 aromatic carbocycles. The standard InChI is InChI=1S/C13H17N3O2/c1-16-7-4-11(8-12(16)17)13(18)15-9-10-2-5-14-6-3-10/h2,4,7-8,14H,3,5-6,9H2,1H3,(H,15,18). The number of rotatable bonds is 3. The smallest absolute Gasteiger partial charge is 0.251 e. The van der Waals surface area contributed by atoms with Gasteiger partial charge in [-0.2, -0.15) is 0 Å². The summed E-state index contributed by atoms with van der Waals surface area (Å²) in [6.07, 6.45) is 4.64. The quantitative estimate of drug-likeness (QED) is 0.741. The minimum absolute atomic E-state index is 0.177. The molecule has 0 aliphatic carbocycles. The van der Waals surface area contributed by atoms with Gasteiger partial charge in [-0.3, -0.25) is 9.59 Å². The van der Waals surface area contributed by atoms with Crippen LogP contribution >= 0.6 is 0 Å². The summed E-state index contributed by atoms with van der Waals surface area (Å²) in [4.78, 5) is 23.3. The maximum atomic E-state index is 11.8. The van der Waals surface area contributed by atoms with Gasteiger partial charge in [0.05, 0.1) is 0 Å². The van der Waals surface area contributed by atoms with Crippen LogP contribution in [0.4, 0.5) is 0 Å². The Balaban J connectivity index is 1.97. The second kappa shape index (κ2) is 5.64. The Morgan fingerprint density at radius 2 is 2.39 bits per heavy atom. The third kappa shape index (κ3) is 3.07. The van der Waals surface area contributed by atoms with Crippen LogP contribution < -0.4 is 16.2 Å². The summed E-state index contributed by atoms with van der Waals surface area (Å²) >= 11 is 0. The topological polar surface area (TPSA) is 63.1 Å². The lowest BCUT2D eigenvalue weighted by Crippen LogP contribution is -2.30. The van der Waals surface area contributed by atoms with Crippen molar-refractivity contribution in [2.75, 3.05) is 19.6 Å². The Morgan fingerprint density at radius 1 is 1.56 bits per heavy atom. The summed E-state index contributed by atoms with van der Waals surface area (Å²) in [6, 6.07) is 3.00. The van der Waals surface area contributed by atoms with Crippen molar-refractivity contribution in [3.05, 3.63) is 45.9 Å². The van der Waals surface area contributed by atoms with Gasteiger partial charge in [0.2, 0.25) is 0 Å². The Labute approximate surface area is 106 Å².